The Bertz CT molecular complexity index is 472. The summed E-state index contributed by atoms with van der Waals surface area (Å²) < 4.78 is 0. The van der Waals surface area contributed by atoms with Crippen molar-refractivity contribution in [3.05, 3.63) is 47.2 Å². The van der Waals surface area contributed by atoms with E-state index in [9.17, 15) is 4.79 Å². The topological polar surface area (TPSA) is 61.7 Å². The highest BCUT2D eigenvalue weighted by Gasteiger charge is 2.09. The second-order valence-electron chi connectivity index (χ2n) is 4.19. The molecule has 1 rings (SSSR count). The van der Waals surface area contributed by atoms with Gasteiger partial charge in [-0.3, -0.25) is 4.99 Å². The van der Waals surface area contributed by atoms with E-state index in [2.05, 4.69) is 10.3 Å². The minimum absolute atomic E-state index is 0.185. The molecule has 0 saturated heterocycles. The second-order valence-corrected chi connectivity index (χ2v) is 4.19. The molecular formula is C14H18N2O2. The molecule has 0 aromatic heterocycles. The number of nitrogens with zero attached hydrogens (tertiary/aromatic N) is 1. The molecule has 0 aliphatic rings. The van der Waals surface area contributed by atoms with Crippen LogP contribution in [0.15, 0.2) is 46.6 Å². The van der Waals surface area contributed by atoms with Crippen molar-refractivity contribution in [2.24, 2.45) is 4.99 Å². The van der Waals surface area contributed by atoms with E-state index in [4.69, 9.17) is 5.11 Å². The predicted molar refractivity (Wildman–Crippen MR) is 72.4 cm³/mol. The van der Waals surface area contributed by atoms with E-state index in [0.29, 0.717) is 12.4 Å². The Morgan fingerprint density at radius 3 is 2.33 bits per heavy atom. The number of carboxylic acids is 1. The largest absolute Gasteiger partial charge is 0.477 e. The lowest BCUT2D eigenvalue weighted by Gasteiger charge is -2.08. The SMILES string of the molecule is CC(=NCc1ccccc1)NC(C(=O)O)=C(C)C. The van der Waals surface area contributed by atoms with Gasteiger partial charge in [-0.1, -0.05) is 30.3 Å². The van der Waals surface area contributed by atoms with Crippen LogP contribution in [0.2, 0.25) is 0 Å². The Balaban J connectivity index is 2.68. The van der Waals surface area contributed by atoms with Crippen LogP contribution in [0.4, 0.5) is 0 Å². The standard InChI is InChI=1S/C14H18N2O2/c1-10(2)13(14(17)18)16-11(3)15-9-12-7-5-4-6-8-12/h4-8H,9H2,1-3H3,(H,15,16)(H,17,18). The van der Waals surface area contributed by atoms with Crippen LogP contribution < -0.4 is 5.32 Å². The van der Waals surface area contributed by atoms with Crippen LogP contribution in [0.25, 0.3) is 0 Å². The van der Waals surface area contributed by atoms with Gasteiger partial charge in [-0.15, -0.1) is 0 Å². The van der Waals surface area contributed by atoms with E-state index in [1.54, 1.807) is 20.8 Å². The van der Waals surface area contributed by atoms with Crippen LogP contribution in [0.5, 0.6) is 0 Å². The fourth-order valence-corrected chi connectivity index (χ4v) is 1.41. The minimum Gasteiger partial charge on any atom is -0.477 e. The van der Waals surface area contributed by atoms with E-state index in [-0.39, 0.29) is 5.70 Å². The van der Waals surface area contributed by atoms with Crippen LogP contribution in [0, 0.1) is 0 Å². The summed E-state index contributed by atoms with van der Waals surface area (Å²) in [6, 6.07) is 9.81. The zero-order valence-corrected chi connectivity index (χ0v) is 10.9. The molecule has 4 nitrogen and oxygen atoms in total. The molecule has 0 fully saturated rings. The van der Waals surface area contributed by atoms with E-state index in [1.807, 2.05) is 30.3 Å². The highest BCUT2D eigenvalue weighted by Crippen LogP contribution is 2.02. The molecule has 0 aliphatic carbocycles. The van der Waals surface area contributed by atoms with Crippen molar-refractivity contribution >= 4 is 11.8 Å². The van der Waals surface area contributed by atoms with Crippen molar-refractivity contribution < 1.29 is 9.90 Å². The summed E-state index contributed by atoms with van der Waals surface area (Å²) >= 11 is 0. The molecule has 0 amide bonds. The van der Waals surface area contributed by atoms with Gasteiger partial charge in [-0.25, -0.2) is 4.79 Å². The molecule has 96 valence electrons. The van der Waals surface area contributed by atoms with Crippen molar-refractivity contribution in [3.63, 3.8) is 0 Å². The molecule has 18 heavy (non-hydrogen) atoms. The number of carboxylic acid groups (broad SMARTS) is 1. The van der Waals surface area contributed by atoms with Gasteiger partial charge in [-0.2, -0.15) is 0 Å². The fourth-order valence-electron chi connectivity index (χ4n) is 1.41. The van der Waals surface area contributed by atoms with Gasteiger partial charge in [0, 0.05) is 0 Å². The Labute approximate surface area is 107 Å². The number of carbonyl (C=O) groups is 1. The summed E-state index contributed by atoms with van der Waals surface area (Å²) in [6.45, 7) is 5.80. The van der Waals surface area contributed by atoms with Gasteiger partial charge in [0.05, 0.1) is 12.4 Å². The Kier molecular flexibility index (Phi) is 5.11. The van der Waals surface area contributed by atoms with Crippen LogP contribution in [-0.2, 0) is 11.3 Å². The number of benzene rings is 1. The van der Waals surface area contributed by atoms with Crippen molar-refractivity contribution in [1.29, 1.82) is 0 Å². The number of aliphatic imine (C=N–C) groups is 1. The number of hydrogen-bond donors (Lipinski definition) is 2. The molecule has 0 atom stereocenters. The smallest absolute Gasteiger partial charge is 0.352 e. The molecule has 0 aliphatic heterocycles. The van der Waals surface area contributed by atoms with E-state index in [0.717, 1.165) is 11.1 Å². The average Bonchev–Trinajstić information content (AvgIpc) is 2.34. The Morgan fingerprint density at radius 2 is 1.83 bits per heavy atom. The number of rotatable bonds is 4. The molecule has 4 heteroatoms. The third-order valence-corrected chi connectivity index (χ3v) is 2.36. The van der Waals surface area contributed by atoms with Gasteiger partial charge in [0.1, 0.15) is 5.70 Å². The van der Waals surface area contributed by atoms with E-state index >= 15 is 0 Å². The molecule has 0 bridgehead atoms. The molecular weight excluding hydrogens is 228 g/mol. The summed E-state index contributed by atoms with van der Waals surface area (Å²) in [5.41, 5.74) is 1.99. The zero-order chi connectivity index (χ0) is 13.5. The third kappa shape index (κ3) is 4.41. The normalized spacial score (nSPS) is 10.9. The molecule has 2 N–H and O–H groups in total. The van der Waals surface area contributed by atoms with Gasteiger partial charge < -0.3 is 10.4 Å². The molecule has 0 saturated carbocycles. The monoisotopic (exact) mass is 246 g/mol. The molecule has 0 spiro atoms. The van der Waals surface area contributed by atoms with Gasteiger partial charge in [0.2, 0.25) is 0 Å². The maximum Gasteiger partial charge on any atom is 0.352 e. The van der Waals surface area contributed by atoms with Gasteiger partial charge in [-0.05, 0) is 31.9 Å². The van der Waals surface area contributed by atoms with Gasteiger partial charge in [0.15, 0.2) is 0 Å². The summed E-state index contributed by atoms with van der Waals surface area (Å²) in [5.74, 6) is -0.373. The van der Waals surface area contributed by atoms with Gasteiger partial charge in [0.25, 0.3) is 0 Å². The molecule has 0 heterocycles. The van der Waals surface area contributed by atoms with Crippen LogP contribution in [-0.4, -0.2) is 16.9 Å². The summed E-state index contributed by atoms with van der Waals surface area (Å²) in [7, 11) is 0. The first-order chi connectivity index (χ1) is 8.50. The lowest BCUT2D eigenvalue weighted by molar-refractivity contribution is -0.133. The zero-order valence-electron chi connectivity index (χ0n) is 10.9. The Hall–Kier alpha value is -2.10. The van der Waals surface area contributed by atoms with Crippen molar-refractivity contribution in [2.75, 3.05) is 0 Å². The predicted octanol–water partition coefficient (Wildman–Crippen LogP) is 2.57. The Morgan fingerprint density at radius 1 is 1.22 bits per heavy atom. The van der Waals surface area contributed by atoms with Crippen molar-refractivity contribution in [1.82, 2.24) is 5.32 Å². The van der Waals surface area contributed by atoms with E-state index < -0.39 is 5.97 Å². The first-order valence-corrected chi connectivity index (χ1v) is 5.73. The average molecular weight is 246 g/mol. The molecule has 0 unspecified atom stereocenters. The first kappa shape index (κ1) is 14.0. The number of amidine groups is 1. The summed E-state index contributed by atoms with van der Waals surface area (Å²) in [4.78, 5) is 15.3. The first-order valence-electron chi connectivity index (χ1n) is 5.73. The van der Waals surface area contributed by atoms with Crippen molar-refractivity contribution in [3.8, 4) is 0 Å². The van der Waals surface area contributed by atoms with Crippen molar-refractivity contribution in [2.45, 2.75) is 27.3 Å². The quantitative estimate of drug-likeness (QED) is 0.487. The second kappa shape index (κ2) is 6.59. The molecule has 1 aromatic carbocycles. The highest BCUT2D eigenvalue weighted by atomic mass is 16.4. The summed E-state index contributed by atoms with van der Waals surface area (Å²) in [6.07, 6.45) is 0. The molecule has 0 radical (unpaired) electrons. The van der Waals surface area contributed by atoms with Crippen LogP contribution in [0.3, 0.4) is 0 Å². The fraction of sp³-hybridized carbons (Fsp3) is 0.286. The number of aliphatic carboxylic acids is 1. The lowest BCUT2D eigenvalue weighted by atomic mass is 10.2. The number of allylic oxidation sites excluding steroid dienone is 1. The third-order valence-electron chi connectivity index (χ3n) is 2.36. The highest BCUT2D eigenvalue weighted by molar-refractivity contribution is 5.94. The molecule has 1 aromatic rings. The van der Waals surface area contributed by atoms with Crippen LogP contribution >= 0.6 is 0 Å². The number of hydrogen-bond acceptors (Lipinski definition) is 2. The number of nitrogens with one attached hydrogen (secondary N) is 1. The van der Waals surface area contributed by atoms with Gasteiger partial charge >= 0.3 is 5.97 Å². The summed E-state index contributed by atoms with van der Waals surface area (Å²) in [5, 5.41) is 11.8. The van der Waals surface area contributed by atoms with E-state index in [1.165, 1.54) is 0 Å². The van der Waals surface area contributed by atoms with Crippen LogP contribution in [0.1, 0.15) is 26.3 Å². The minimum atomic E-state index is -0.968. The lowest BCUT2D eigenvalue weighted by Crippen LogP contribution is -2.26. The maximum atomic E-state index is 11.0. The maximum absolute atomic E-state index is 11.0.